The molecule has 1 N–H and O–H groups in total. The SMILES string of the molecule is CN/C=C(/Br)C(C)=C(C)C. The molecule has 0 rings (SSSR count). The topological polar surface area (TPSA) is 12.0 Å². The molecule has 2 heteroatoms. The average molecular weight is 204 g/mol. The molecule has 0 heterocycles. The predicted molar refractivity (Wildman–Crippen MR) is 50.1 cm³/mol. The summed E-state index contributed by atoms with van der Waals surface area (Å²) in [5.74, 6) is 0. The first kappa shape index (κ1) is 9.76. The average Bonchev–Trinajstić information content (AvgIpc) is 1.87. The highest BCUT2D eigenvalue weighted by Crippen LogP contribution is 2.18. The molecule has 0 saturated carbocycles. The summed E-state index contributed by atoms with van der Waals surface area (Å²) in [6.07, 6.45) is 1.93. The van der Waals surface area contributed by atoms with Crippen LogP contribution in [0.4, 0.5) is 0 Å². The van der Waals surface area contributed by atoms with Gasteiger partial charge in [-0.25, -0.2) is 0 Å². The highest BCUT2D eigenvalue weighted by Gasteiger charge is 1.94. The lowest BCUT2D eigenvalue weighted by molar-refractivity contribution is 1.09. The van der Waals surface area contributed by atoms with Crippen LogP contribution in [0.1, 0.15) is 20.8 Å². The van der Waals surface area contributed by atoms with Gasteiger partial charge in [-0.15, -0.1) is 0 Å². The summed E-state index contributed by atoms with van der Waals surface area (Å²) in [5.41, 5.74) is 2.62. The molecular formula is C8H14BrN. The van der Waals surface area contributed by atoms with Gasteiger partial charge < -0.3 is 5.32 Å². The summed E-state index contributed by atoms with van der Waals surface area (Å²) < 4.78 is 1.12. The number of rotatable bonds is 2. The van der Waals surface area contributed by atoms with E-state index in [1.165, 1.54) is 11.1 Å². The number of nitrogens with one attached hydrogen (secondary N) is 1. The van der Waals surface area contributed by atoms with Crippen LogP contribution in [-0.2, 0) is 0 Å². The van der Waals surface area contributed by atoms with Gasteiger partial charge in [0.1, 0.15) is 0 Å². The van der Waals surface area contributed by atoms with E-state index in [-0.39, 0.29) is 0 Å². The first-order valence-electron chi connectivity index (χ1n) is 3.27. The Kier molecular flexibility index (Phi) is 4.45. The van der Waals surface area contributed by atoms with Crippen molar-refractivity contribution in [2.24, 2.45) is 0 Å². The van der Waals surface area contributed by atoms with Crippen molar-refractivity contribution < 1.29 is 0 Å². The van der Waals surface area contributed by atoms with Gasteiger partial charge in [0, 0.05) is 17.7 Å². The molecule has 0 atom stereocenters. The lowest BCUT2D eigenvalue weighted by Crippen LogP contribution is -1.94. The van der Waals surface area contributed by atoms with Crippen molar-refractivity contribution in [3.63, 3.8) is 0 Å². The second-order valence-corrected chi connectivity index (χ2v) is 3.26. The maximum absolute atomic E-state index is 3.44. The zero-order valence-corrected chi connectivity index (χ0v) is 8.54. The fraction of sp³-hybridized carbons (Fsp3) is 0.500. The Hall–Kier alpha value is -0.240. The second-order valence-electron chi connectivity index (χ2n) is 2.41. The van der Waals surface area contributed by atoms with Gasteiger partial charge in [0.2, 0.25) is 0 Å². The Labute approximate surface area is 71.3 Å². The molecule has 0 radical (unpaired) electrons. The van der Waals surface area contributed by atoms with Gasteiger partial charge in [0.05, 0.1) is 0 Å². The van der Waals surface area contributed by atoms with Crippen molar-refractivity contribution in [2.75, 3.05) is 7.05 Å². The summed E-state index contributed by atoms with van der Waals surface area (Å²) in [6.45, 7) is 6.29. The first-order chi connectivity index (χ1) is 4.59. The molecule has 0 aromatic rings. The van der Waals surface area contributed by atoms with Gasteiger partial charge in [0.25, 0.3) is 0 Å². The van der Waals surface area contributed by atoms with Crippen LogP contribution in [0.2, 0.25) is 0 Å². The minimum absolute atomic E-state index is 1.12. The Bertz CT molecular complexity index is 164. The minimum Gasteiger partial charge on any atom is -0.393 e. The molecule has 0 amide bonds. The van der Waals surface area contributed by atoms with Crippen LogP contribution >= 0.6 is 15.9 Å². The van der Waals surface area contributed by atoms with E-state index in [9.17, 15) is 0 Å². The van der Waals surface area contributed by atoms with Crippen molar-refractivity contribution in [2.45, 2.75) is 20.8 Å². The van der Waals surface area contributed by atoms with Gasteiger partial charge >= 0.3 is 0 Å². The van der Waals surface area contributed by atoms with Gasteiger partial charge in [-0.05, 0) is 42.3 Å². The van der Waals surface area contributed by atoms with Crippen LogP contribution in [0, 0.1) is 0 Å². The van der Waals surface area contributed by atoms with Gasteiger partial charge in [-0.2, -0.15) is 0 Å². The molecule has 1 nitrogen and oxygen atoms in total. The van der Waals surface area contributed by atoms with E-state index in [0.29, 0.717) is 0 Å². The third-order valence-corrected chi connectivity index (χ3v) is 2.20. The molecule has 0 aromatic carbocycles. The van der Waals surface area contributed by atoms with Crippen molar-refractivity contribution in [1.82, 2.24) is 5.32 Å². The largest absolute Gasteiger partial charge is 0.393 e. The van der Waals surface area contributed by atoms with Crippen LogP contribution in [0.15, 0.2) is 21.8 Å². The first-order valence-corrected chi connectivity index (χ1v) is 4.06. The van der Waals surface area contributed by atoms with E-state index < -0.39 is 0 Å². The van der Waals surface area contributed by atoms with Crippen LogP contribution in [0.25, 0.3) is 0 Å². The Morgan fingerprint density at radius 3 is 2.10 bits per heavy atom. The van der Waals surface area contributed by atoms with Gasteiger partial charge in [0.15, 0.2) is 0 Å². The van der Waals surface area contributed by atoms with Crippen molar-refractivity contribution in [3.05, 3.63) is 21.8 Å². The zero-order valence-electron chi connectivity index (χ0n) is 6.96. The molecule has 0 spiro atoms. The van der Waals surface area contributed by atoms with E-state index in [1.807, 2.05) is 13.2 Å². The maximum Gasteiger partial charge on any atom is 0.0360 e. The third-order valence-electron chi connectivity index (χ3n) is 1.38. The van der Waals surface area contributed by atoms with Gasteiger partial charge in [-0.1, -0.05) is 5.57 Å². The molecule has 0 bridgehead atoms. The summed E-state index contributed by atoms with van der Waals surface area (Å²) >= 11 is 3.44. The van der Waals surface area contributed by atoms with Crippen molar-refractivity contribution in [1.29, 1.82) is 0 Å². The van der Waals surface area contributed by atoms with Crippen LogP contribution in [0.5, 0.6) is 0 Å². The number of halogens is 1. The standard InChI is InChI=1S/C8H14BrN/c1-6(2)7(3)8(9)5-10-4/h5,10H,1-4H3/b8-5+. The molecule has 0 aliphatic rings. The second kappa shape index (κ2) is 4.56. The number of hydrogen-bond donors (Lipinski definition) is 1. The molecule has 0 fully saturated rings. The number of hydrogen-bond acceptors (Lipinski definition) is 1. The molecule has 0 aliphatic heterocycles. The third kappa shape index (κ3) is 3.06. The Morgan fingerprint density at radius 1 is 1.30 bits per heavy atom. The van der Waals surface area contributed by atoms with Crippen LogP contribution in [0.3, 0.4) is 0 Å². The normalized spacial score (nSPS) is 11.1. The summed E-state index contributed by atoms with van der Waals surface area (Å²) in [5, 5.41) is 2.96. The van der Waals surface area contributed by atoms with Crippen molar-refractivity contribution in [3.8, 4) is 0 Å². The number of allylic oxidation sites excluding steroid dienone is 3. The van der Waals surface area contributed by atoms with E-state index in [1.54, 1.807) is 0 Å². The lowest BCUT2D eigenvalue weighted by Gasteiger charge is -2.01. The molecule has 0 aromatic heterocycles. The fourth-order valence-corrected chi connectivity index (χ4v) is 1.10. The van der Waals surface area contributed by atoms with Crippen LogP contribution < -0.4 is 5.32 Å². The quantitative estimate of drug-likeness (QED) is 0.682. The highest BCUT2D eigenvalue weighted by atomic mass is 79.9. The molecule has 0 saturated heterocycles. The molecule has 0 aliphatic carbocycles. The minimum atomic E-state index is 1.12. The van der Waals surface area contributed by atoms with E-state index in [4.69, 9.17) is 0 Å². The van der Waals surface area contributed by atoms with Crippen LogP contribution in [-0.4, -0.2) is 7.05 Å². The van der Waals surface area contributed by atoms with Gasteiger partial charge in [-0.3, -0.25) is 0 Å². The fourth-order valence-electron chi connectivity index (χ4n) is 0.474. The smallest absolute Gasteiger partial charge is 0.0360 e. The molecule has 58 valence electrons. The van der Waals surface area contributed by atoms with E-state index in [2.05, 4.69) is 42.0 Å². The van der Waals surface area contributed by atoms with Crippen molar-refractivity contribution >= 4 is 15.9 Å². The summed E-state index contributed by atoms with van der Waals surface area (Å²) in [6, 6.07) is 0. The predicted octanol–water partition coefficient (Wildman–Crippen LogP) is 2.80. The summed E-state index contributed by atoms with van der Waals surface area (Å²) in [7, 11) is 1.89. The summed E-state index contributed by atoms with van der Waals surface area (Å²) in [4.78, 5) is 0. The zero-order chi connectivity index (χ0) is 8.15. The highest BCUT2D eigenvalue weighted by molar-refractivity contribution is 9.12. The maximum atomic E-state index is 3.44. The molecule has 10 heavy (non-hydrogen) atoms. The van der Waals surface area contributed by atoms with E-state index in [0.717, 1.165) is 4.48 Å². The Morgan fingerprint density at radius 2 is 1.80 bits per heavy atom. The Balaban J connectivity index is 4.36. The molecule has 0 unspecified atom stereocenters. The molecular weight excluding hydrogens is 190 g/mol. The lowest BCUT2D eigenvalue weighted by atomic mass is 10.2. The van der Waals surface area contributed by atoms with E-state index >= 15 is 0 Å². The monoisotopic (exact) mass is 203 g/mol.